The van der Waals surface area contributed by atoms with Gasteiger partial charge in [-0.05, 0) is 65.2 Å². The molecule has 2 heterocycles. The van der Waals surface area contributed by atoms with Gasteiger partial charge in [-0.2, -0.15) is 0 Å². The minimum atomic E-state index is -0.298. The first-order valence-corrected chi connectivity index (χ1v) is 11.4. The fourth-order valence-electron chi connectivity index (χ4n) is 3.46. The van der Waals surface area contributed by atoms with Crippen molar-refractivity contribution in [2.45, 2.75) is 20.5 Å². The Morgan fingerprint density at radius 2 is 1.85 bits per heavy atom. The summed E-state index contributed by atoms with van der Waals surface area (Å²) < 4.78 is 19.1. The van der Waals surface area contributed by atoms with Crippen LogP contribution < -0.4 is 10.1 Å². The molecule has 5 nitrogen and oxygen atoms in total. The highest BCUT2D eigenvalue weighted by atomic mass is 35.5. The number of halogens is 2. The molecule has 0 unspecified atom stereocenters. The summed E-state index contributed by atoms with van der Waals surface area (Å²) in [6, 6.07) is 19.8. The van der Waals surface area contributed by atoms with Crippen molar-refractivity contribution >= 4 is 34.0 Å². The zero-order chi connectivity index (χ0) is 23.9. The summed E-state index contributed by atoms with van der Waals surface area (Å²) in [5.41, 5.74) is 4.48. The van der Waals surface area contributed by atoms with Crippen LogP contribution in [-0.2, 0) is 6.61 Å². The zero-order valence-corrected chi connectivity index (χ0v) is 19.6. The summed E-state index contributed by atoms with van der Waals surface area (Å²) in [6.07, 6.45) is 5.36. The van der Waals surface area contributed by atoms with Crippen LogP contribution in [0.15, 0.2) is 85.5 Å². The molecule has 0 atom stereocenters. The molecule has 0 amide bonds. The van der Waals surface area contributed by atoms with Crippen molar-refractivity contribution in [2.75, 3.05) is 5.32 Å². The normalized spacial score (nSPS) is 10.5. The number of nitrogens with one attached hydrogen (secondary N) is 2. The molecule has 0 radical (unpaired) electrons. The number of anilines is 2. The topological polar surface area (TPSA) is 62.8 Å². The van der Waals surface area contributed by atoms with Gasteiger partial charge < -0.3 is 15.0 Å². The number of fused-ring (bicyclic) bond motifs is 1. The molecule has 0 saturated carbocycles. The fourth-order valence-corrected chi connectivity index (χ4v) is 3.69. The highest BCUT2D eigenvalue weighted by molar-refractivity contribution is 6.32. The van der Waals surface area contributed by atoms with Crippen LogP contribution in [0, 0.1) is 5.82 Å². The van der Waals surface area contributed by atoms with E-state index in [1.165, 1.54) is 18.5 Å². The smallest absolute Gasteiger partial charge is 0.141 e. The molecule has 0 spiro atoms. The van der Waals surface area contributed by atoms with Crippen LogP contribution >= 0.6 is 11.6 Å². The minimum Gasteiger partial charge on any atom is -0.487 e. The Morgan fingerprint density at radius 3 is 2.62 bits per heavy atom. The van der Waals surface area contributed by atoms with E-state index in [1.54, 1.807) is 24.3 Å². The molecule has 0 aliphatic heterocycles. The summed E-state index contributed by atoms with van der Waals surface area (Å²) in [6.45, 7) is 4.22. The average Bonchev–Trinajstić information content (AvgIpc) is 3.40. The van der Waals surface area contributed by atoms with Crippen molar-refractivity contribution in [3.63, 3.8) is 0 Å². The van der Waals surface area contributed by atoms with E-state index in [2.05, 4.69) is 26.3 Å². The quantitative estimate of drug-likeness (QED) is 0.264. The third kappa shape index (κ3) is 5.35. The molecule has 5 rings (SSSR count). The number of aromatic nitrogens is 3. The maximum Gasteiger partial charge on any atom is 0.141 e. The Bertz CT molecular complexity index is 1390. The molecule has 2 N–H and O–H groups in total. The number of rotatable bonds is 6. The molecule has 7 heteroatoms. The first-order chi connectivity index (χ1) is 16.7. The minimum absolute atomic E-state index is 0.225. The van der Waals surface area contributed by atoms with Gasteiger partial charge in [0.05, 0.1) is 10.5 Å². The molecule has 0 fully saturated rings. The lowest BCUT2D eigenvalue weighted by Gasteiger charge is -2.12. The predicted octanol–water partition coefficient (Wildman–Crippen LogP) is 7.77. The zero-order valence-electron chi connectivity index (χ0n) is 18.8. The maximum absolute atomic E-state index is 13.3. The molecule has 5 aromatic rings. The van der Waals surface area contributed by atoms with Crippen molar-refractivity contribution < 1.29 is 9.13 Å². The third-order valence-corrected chi connectivity index (χ3v) is 5.34. The Kier molecular flexibility index (Phi) is 7.40. The standard InChI is InChI=1S/C25H18ClFN4O.C2H6/c26-22-12-20(5-7-24(22)32-14-16-2-1-3-19(27)10-16)31-25-21-11-17(18-8-9-28-13-18)4-6-23(21)29-15-30-25;1-2/h1-13,15,28H,14H2,(H,29,30,31);1-2H3. The van der Waals surface area contributed by atoms with Gasteiger partial charge in [-0.25, -0.2) is 14.4 Å². The molecule has 34 heavy (non-hydrogen) atoms. The van der Waals surface area contributed by atoms with Crippen LogP contribution in [0.3, 0.4) is 0 Å². The first-order valence-electron chi connectivity index (χ1n) is 11.0. The van der Waals surface area contributed by atoms with E-state index in [1.807, 2.05) is 50.5 Å². The predicted molar refractivity (Wildman–Crippen MR) is 136 cm³/mol. The SMILES string of the molecule is CC.Fc1cccc(COc2ccc(Nc3ncnc4ccc(-c5cc[nH]c5)cc34)cc2Cl)c1. The molecule has 0 saturated heterocycles. The molecular weight excluding hydrogens is 451 g/mol. The fraction of sp³-hybridized carbons (Fsp3) is 0.111. The van der Waals surface area contributed by atoms with Gasteiger partial charge in [0.1, 0.15) is 30.3 Å². The van der Waals surface area contributed by atoms with Crippen molar-refractivity contribution in [1.82, 2.24) is 15.0 Å². The van der Waals surface area contributed by atoms with E-state index >= 15 is 0 Å². The van der Waals surface area contributed by atoms with Gasteiger partial charge in [-0.3, -0.25) is 0 Å². The third-order valence-electron chi connectivity index (χ3n) is 5.04. The Hall–Kier alpha value is -3.90. The maximum atomic E-state index is 13.3. The van der Waals surface area contributed by atoms with Gasteiger partial charge in [0.2, 0.25) is 0 Å². The Morgan fingerprint density at radius 1 is 0.971 bits per heavy atom. The van der Waals surface area contributed by atoms with E-state index in [0.717, 1.165) is 33.3 Å². The van der Waals surface area contributed by atoms with Gasteiger partial charge in [0, 0.05) is 23.5 Å². The molecule has 0 bridgehead atoms. The number of H-pyrrole nitrogens is 1. The second-order valence-corrected chi connectivity index (χ2v) is 7.65. The van der Waals surface area contributed by atoms with Crippen LogP contribution in [0.4, 0.5) is 15.9 Å². The highest BCUT2D eigenvalue weighted by Gasteiger charge is 2.09. The number of hydrogen-bond donors (Lipinski definition) is 2. The summed E-state index contributed by atoms with van der Waals surface area (Å²) in [5, 5.41) is 4.66. The van der Waals surface area contributed by atoms with Crippen LogP contribution in [0.25, 0.3) is 22.0 Å². The van der Waals surface area contributed by atoms with E-state index in [9.17, 15) is 4.39 Å². The lowest BCUT2D eigenvalue weighted by atomic mass is 10.1. The largest absolute Gasteiger partial charge is 0.487 e. The van der Waals surface area contributed by atoms with Gasteiger partial charge in [0.25, 0.3) is 0 Å². The number of aromatic amines is 1. The summed E-state index contributed by atoms with van der Waals surface area (Å²) in [7, 11) is 0. The highest BCUT2D eigenvalue weighted by Crippen LogP contribution is 2.32. The van der Waals surface area contributed by atoms with Gasteiger partial charge >= 0.3 is 0 Å². The van der Waals surface area contributed by atoms with Gasteiger partial charge in [-0.1, -0.05) is 43.6 Å². The lowest BCUT2D eigenvalue weighted by molar-refractivity contribution is 0.306. The molecule has 3 aromatic carbocycles. The summed E-state index contributed by atoms with van der Waals surface area (Å²) in [4.78, 5) is 11.9. The summed E-state index contributed by atoms with van der Waals surface area (Å²) in [5.74, 6) is 0.897. The lowest BCUT2D eigenvalue weighted by Crippen LogP contribution is -1.98. The number of benzene rings is 3. The second-order valence-electron chi connectivity index (χ2n) is 7.24. The molecule has 0 aliphatic rings. The molecule has 2 aromatic heterocycles. The Balaban J connectivity index is 0.00000133. The van der Waals surface area contributed by atoms with Crippen molar-refractivity contribution in [3.05, 3.63) is 102 Å². The van der Waals surface area contributed by atoms with Crippen LogP contribution in [-0.4, -0.2) is 15.0 Å². The summed E-state index contributed by atoms with van der Waals surface area (Å²) >= 11 is 6.43. The number of nitrogens with zero attached hydrogens (tertiary/aromatic N) is 2. The van der Waals surface area contributed by atoms with E-state index < -0.39 is 0 Å². The number of ether oxygens (including phenoxy) is 1. The monoisotopic (exact) mass is 474 g/mol. The van der Waals surface area contributed by atoms with Gasteiger partial charge in [0.15, 0.2) is 0 Å². The molecule has 172 valence electrons. The van der Waals surface area contributed by atoms with Crippen LogP contribution in [0.1, 0.15) is 19.4 Å². The van der Waals surface area contributed by atoms with Gasteiger partial charge in [-0.15, -0.1) is 0 Å². The molecule has 0 aliphatic carbocycles. The van der Waals surface area contributed by atoms with Crippen LogP contribution in [0.2, 0.25) is 5.02 Å². The van der Waals surface area contributed by atoms with E-state index in [4.69, 9.17) is 16.3 Å². The molecular formula is C27H24ClFN4O. The van der Waals surface area contributed by atoms with Crippen LogP contribution in [0.5, 0.6) is 5.75 Å². The van der Waals surface area contributed by atoms with Crippen molar-refractivity contribution in [3.8, 4) is 16.9 Å². The van der Waals surface area contributed by atoms with Crippen molar-refractivity contribution in [1.29, 1.82) is 0 Å². The van der Waals surface area contributed by atoms with E-state index in [-0.39, 0.29) is 12.4 Å². The first kappa shape index (κ1) is 23.3. The average molecular weight is 475 g/mol. The number of hydrogen-bond acceptors (Lipinski definition) is 4. The van der Waals surface area contributed by atoms with E-state index in [0.29, 0.717) is 16.6 Å². The van der Waals surface area contributed by atoms with Crippen molar-refractivity contribution in [2.24, 2.45) is 0 Å². The second kappa shape index (κ2) is 10.8. The Labute approximate surface area is 202 Å².